The number of ketones is 1. The van der Waals surface area contributed by atoms with Crippen LogP contribution >= 0.6 is 0 Å². The standard InChI is InChI=1S/C23H42N2O4/c1-22(2,3)24-15-20(16-24)27-12-9-21(26)17-7-10-25(11-8-17)29-19-13-18(14-19)28-23(4,5)6/h17-20H,7-16H2,1-6H3. The van der Waals surface area contributed by atoms with Crippen molar-refractivity contribution in [3.8, 4) is 0 Å². The molecule has 0 amide bonds. The average molecular weight is 411 g/mol. The van der Waals surface area contributed by atoms with Crippen LogP contribution < -0.4 is 0 Å². The molecule has 0 aromatic carbocycles. The Hall–Kier alpha value is -0.530. The van der Waals surface area contributed by atoms with Crippen LogP contribution in [-0.2, 0) is 19.1 Å². The second kappa shape index (κ2) is 9.31. The predicted molar refractivity (Wildman–Crippen MR) is 114 cm³/mol. The lowest BCUT2D eigenvalue weighted by molar-refractivity contribution is -0.256. The van der Waals surface area contributed by atoms with Crippen LogP contribution in [0.3, 0.4) is 0 Å². The van der Waals surface area contributed by atoms with E-state index in [2.05, 4.69) is 51.5 Å². The first-order valence-electron chi connectivity index (χ1n) is 11.5. The summed E-state index contributed by atoms with van der Waals surface area (Å²) in [7, 11) is 0. The number of hydrogen-bond acceptors (Lipinski definition) is 6. The van der Waals surface area contributed by atoms with Gasteiger partial charge in [0.25, 0.3) is 0 Å². The van der Waals surface area contributed by atoms with Gasteiger partial charge >= 0.3 is 0 Å². The first-order valence-corrected chi connectivity index (χ1v) is 11.5. The second-order valence-corrected chi connectivity index (χ2v) is 11.0. The molecule has 2 aliphatic heterocycles. The minimum absolute atomic E-state index is 0.0807. The number of ether oxygens (including phenoxy) is 2. The first kappa shape index (κ1) is 23.1. The van der Waals surface area contributed by atoms with E-state index in [4.69, 9.17) is 14.3 Å². The molecule has 0 unspecified atom stereocenters. The number of carbonyl (C=O) groups excluding carboxylic acids is 1. The van der Waals surface area contributed by atoms with Gasteiger partial charge in [-0.05, 0) is 54.4 Å². The zero-order chi connectivity index (χ0) is 21.2. The number of piperidine rings is 1. The lowest BCUT2D eigenvalue weighted by Gasteiger charge is -2.47. The van der Waals surface area contributed by atoms with E-state index in [1.807, 2.05) is 0 Å². The third-order valence-corrected chi connectivity index (χ3v) is 6.28. The van der Waals surface area contributed by atoms with E-state index in [0.717, 1.165) is 51.9 Å². The van der Waals surface area contributed by atoms with Crippen molar-refractivity contribution in [1.82, 2.24) is 9.96 Å². The molecule has 6 heteroatoms. The van der Waals surface area contributed by atoms with Crippen LogP contribution in [-0.4, -0.2) is 78.0 Å². The number of Topliss-reactive ketones (excluding diaryl/α,β-unsaturated/α-hetero) is 1. The van der Waals surface area contributed by atoms with E-state index in [0.29, 0.717) is 31.0 Å². The number of likely N-dealkylation sites (tertiary alicyclic amines) is 1. The number of rotatable bonds is 8. The molecule has 1 aliphatic carbocycles. The Bertz CT molecular complexity index is 534. The smallest absolute Gasteiger partial charge is 0.138 e. The quantitative estimate of drug-likeness (QED) is 0.611. The van der Waals surface area contributed by atoms with Gasteiger partial charge in [0.05, 0.1) is 30.5 Å². The molecule has 3 aliphatic rings. The molecular formula is C23H42N2O4. The van der Waals surface area contributed by atoms with E-state index < -0.39 is 0 Å². The van der Waals surface area contributed by atoms with Crippen molar-refractivity contribution in [1.29, 1.82) is 0 Å². The van der Waals surface area contributed by atoms with Gasteiger partial charge < -0.3 is 9.47 Å². The number of hydrogen-bond donors (Lipinski definition) is 0. The summed E-state index contributed by atoms with van der Waals surface area (Å²) in [5, 5.41) is 2.06. The monoisotopic (exact) mass is 410 g/mol. The Morgan fingerprint density at radius 2 is 1.55 bits per heavy atom. The van der Waals surface area contributed by atoms with Gasteiger partial charge in [-0.15, -0.1) is 0 Å². The molecule has 0 radical (unpaired) electrons. The van der Waals surface area contributed by atoms with E-state index in [-0.39, 0.29) is 23.2 Å². The maximum atomic E-state index is 12.5. The third kappa shape index (κ3) is 7.00. The number of nitrogens with zero attached hydrogens (tertiary/aromatic N) is 2. The minimum Gasteiger partial charge on any atom is -0.375 e. The molecule has 2 heterocycles. The van der Waals surface area contributed by atoms with Crippen molar-refractivity contribution in [2.45, 2.75) is 103 Å². The summed E-state index contributed by atoms with van der Waals surface area (Å²) in [6.45, 7) is 17.2. The third-order valence-electron chi connectivity index (χ3n) is 6.28. The number of hydroxylamine groups is 2. The Morgan fingerprint density at radius 3 is 2.10 bits per heavy atom. The van der Waals surface area contributed by atoms with Gasteiger partial charge in [0.1, 0.15) is 5.78 Å². The molecule has 0 aromatic heterocycles. The highest BCUT2D eigenvalue weighted by atomic mass is 16.7. The van der Waals surface area contributed by atoms with Crippen molar-refractivity contribution in [3.63, 3.8) is 0 Å². The second-order valence-electron chi connectivity index (χ2n) is 11.0. The highest BCUT2D eigenvalue weighted by Crippen LogP contribution is 2.32. The van der Waals surface area contributed by atoms with Crippen LogP contribution in [0.15, 0.2) is 0 Å². The minimum atomic E-state index is -0.0807. The largest absolute Gasteiger partial charge is 0.375 e. The van der Waals surface area contributed by atoms with E-state index in [1.54, 1.807) is 0 Å². The summed E-state index contributed by atoms with van der Waals surface area (Å²) in [5.74, 6) is 0.531. The molecule has 1 saturated carbocycles. The summed E-state index contributed by atoms with van der Waals surface area (Å²) < 4.78 is 11.9. The Balaban J connectivity index is 1.23. The highest BCUT2D eigenvalue weighted by molar-refractivity contribution is 5.81. The summed E-state index contributed by atoms with van der Waals surface area (Å²) in [6, 6.07) is 0. The maximum absolute atomic E-state index is 12.5. The zero-order valence-corrected chi connectivity index (χ0v) is 19.4. The van der Waals surface area contributed by atoms with Crippen molar-refractivity contribution in [2.75, 3.05) is 32.8 Å². The number of carbonyl (C=O) groups is 1. The summed E-state index contributed by atoms with van der Waals surface area (Å²) in [5.41, 5.74) is 0.133. The molecule has 168 valence electrons. The van der Waals surface area contributed by atoms with E-state index in [9.17, 15) is 4.79 Å². The predicted octanol–water partition coefficient (Wildman–Crippen LogP) is 3.43. The van der Waals surface area contributed by atoms with E-state index >= 15 is 0 Å². The molecule has 0 bridgehead atoms. The van der Waals surface area contributed by atoms with Gasteiger partial charge in [0.2, 0.25) is 0 Å². The molecule has 0 spiro atoms. The van der Waals surface area contributed by atoms with Crippen LogP contribution in [0, 0.1) is 5.92 Å². The highest BCUT2D eigenvalue weighted by Gasteiger charge is 2.37. The van der Waals surface area contributed by atoms with Crippen LogP contribution in [0.5, 0.6) is 0 Å². The van der Waals surface area contributed by atoms with Crippen molar-refractivity contribution >= 4 is 5.78 Å². The molecule has 0 N–H and O–H groups in total. The van der Waals surface area contributed by atoms with Crippen LogP contribution in [0.2, 0.25) is 0 Å². The van der Waals surface area contributed by atoms with Gasteiger partial charge in [-0.25, -0.2) is 0 Å². The van der Waals surface area contributed by atoms with Gasteiger partial charge in [-0.1, -0.05) is 0 Å². The zero-order valence-electron chi connectivity index (χ0n) is 19.4. The van der Waals surface area contributed by atoms with Crippen molar-refractivity contribution in [2.24, 2.45) is 5.92 Å². The van der Waals surface area contributed by atoms with Crippen LogP contribution in [0.4, 0.5) is 0 Å². The first-order chi connectivity index (χ1) is 13.5. The molecule has 6 nitrogen and oxygen atoms in total. The molecular weight excluding hydrogens is 368 g/mol. The topological polar surface area (TPSA) is 51.2 Å². The molecule has 29 heavy (non-hydrogen) atoms. The fourth-order valence-corrected chi connectivity index (χ4v) is 4.32. The molecule has 0 atom stereocenters. The molecule has 2 saturated heterocycles. The Kier molecular flexibility index (Phi) is 7.43. The maximum Gasteiger partial charge on any atom is 0.138 e. The Morgan fingerprint density at radius 1 is 0.931 bits per heavy atom. The van der Waals surface area contributed by atoms with Gasteiger partial charge in [-0.2, -0.15) is 5.06 Å². The Labute approximate surface area is 177 Å². The van der Waals surface area contributed by atoms with Gasteiger partial charge in [0.15, 0.2) is 0 Å². The fraction of sp³-hybridized carbons (Fsp3) is 0.957. The molecule has 3 rings (SSSR count). The normalized spacial score (nSPS) is 28.2. The van der Waals surface area contributed by atoms with E-state index in [1.165, 1.54) is 0 Å². The van der Waals surface area contributed by atoms with Crippen LogP contribution in [0.25, 0.3) is 0 Å². The van der Waals surface area contributed by atoms with Gasteiger partial charge in [-0.3, -0.25) is 14.5 Å². The molecule has 0 aromatic rings. The fourth-order valence-electron chi connectivity index (χ4n) is 4.32. The lowest BCUT2D eigenvalue weighted by atomic mass is 9.90. The van der Waals surface area contributed by atoms with Crippen LogP contribution in [0.1, 0.15) is 73.6 Å². The van der Waals surface area contributed by atoms with Gasteiger partial charge in [0, 0.05) is 56.9 Å². The lowest BCUT2D eigenvalue weighted by Crippen LogP contribution is -2.59. The van der Waals surface area contributed by atoms with Crippen molar-refractivity contribution in [3.05, 3.63) is 0 Å². The average Bonchev–Trinajstić information content (AvgIpc) is 2.53. The SMILES string of the molecule is CC(C)(C)OC1CC(ON2CCC(C(=O)CCOC3CN(C(C)(C)C)C3)CC2)C1. The summed E-state index contributed by atoms with van der Waals surface area (Å²) >= 11 is 0. The summed E-state index contributed by atoms with van der Waals surface area (Å²) in [4.78, 5) is 21.0. The van der Waals surface area contributed by atoms with Crippen molar-refractivity contribution < 1.29 is 19.1 Å². The summed E-state index contributed by atoms with van der Waals surface area (Å²) in [6.07, 6.45) is 5.19. The molecule has 3 fully saturated rings.